The van der Waals surface area contributed by atoms with Gasteiger partial charge in [-0.05, 0) is 18.9 Å². The molecule has 0 amide bonds. The Labute approximate surface area is 129 Å². The molecule has 0 bridgehead atoms. The van der Waals surface area contributed by atoms with E-state index in [2.05, 4.69) is 5.32 Å². The van der Waals surface area contributed by atoms with Crippen LogP contribution in [0.5, 0.6) is 0 Å². The molecule has 5 atom stereocenters. The van der Waals surface area contributed by atoms with E-state index >= 15 is 0 Å². The zero-order valence-electron chi connectivity index (χ0n) is 12.7. The number of ether oxygens (including phenoxy) is 1. The molecule has 0 aromatic carbocycles. The smallest absolute Gasteiger partial charge is 0.370 e. The molecule has 6 N–H and O–H groups in total. The molecule has 0 aromatic rings. The fraction of sp³-hybridized carbons (Fsp3) is 0.786. The summed E-state index contributed by atoms with van der Waals surface area (Å²) in [6.07, 6.45) is -2.87. The van der Waals surface area contributed by atoms with Gasteiger partial charge in [-0.25, -0.2) is 4.79 Å². The first-order valence-corrected chi connectivity index (χ1v) is 7.38. The maximum atomic E-state index is 11.0. The van der Waals surface area contributed by atoms with Crippen LogP contribution >= 0.6 is 0 Å². The number of carboxylic acid groups (broad SMARTS) is 1. The second kappa shape index (κ2) is 8.44. The van der Waals surface area contributed by atoms with Gasteiger partial charge < -0.3 is 35.6 Å². The van der Waals surface area contributed by atoms with Crippen molar-refractivity contribution in [3.05, 3.63) is 11.8 Å². The summed E-state index contributed by atoms with van der Waals surface area (Å²) in [6.45, 7) is 3.19. The van der Waals surface area contributed by atoms with Crippen molar-refractivity contribution in [1.82, 2.24) is 5.32 Å². The van der Waals surface area contributed by atoms with Crippen molar-refractivity contribution < 1.29 is 35.1 Å². The minimum Gasteiger partial charge on any atom is -0.479 e. The summed E-state index contributed by atoms with van der Waals surface area (Å²) in [6, 6.07) is -0.770. The zero-order chi connectivity index (χ0) is 16.9. The summed E-state index contributed by atoms with van der Waals surface area (Å²) in [5, 5.41) is 50.9. The van der Waals surface area contributed by atoms with Gasteiger partial charge in [-0.2, -0.15) is 0 Å². The van der Waals surface area contributed by atoms with Gasteiger partial charge in [0, 0.05) is 6.04 Å². The number of aliphatic hydroxyl groups is 4. The molecule has 0 radical (unpaired) electrons. The number of carbonyl (C=O) groups is 1. The Balaban J connectivity index is 3.03. The van der Waals surface area contributed by atoms with Crippen LogP contribution in [-0.2, 0) is 9.53 Å². The van der Waals surface area contributed by atoms with E-state index in [1.165, 1.54) is 0 Å². The number of hydrogen-bond acceptors (Lipinski definition) is 7. The molecular formula is C14H25NO7. The van der Waals surface area contributed by atoms with Crippen LogP contribution in [0.15, 0.2) is 11.8 Å². The molecule has 8 heteroatoms. The summed E-state index contributed by atoms with van der Waals surface area (Å²) in [5.74, 6) is -1.87. The van der Waals surface area contributed by atoms with Gasteiger partial charge in [0.15, 0.2) is 0 Å². The molecular weight excluding hydrogens is 294 g/mol. The standard InChI is InChI=1S/C14H25NO7/c1-3-7(4-2)15-11-8(17)5-10(14(20)21)22-13(11)12(19)9(18)6-16/h5,7-9,11-13,15-19H,3-4,6H2,1-2H3,(H,20,21)/t8-,9+,11+,12+,13+/m0/s1. The second-order valence-electron chi connectivity index (χ2n) is 5.36. The summed E-state index contributed by atoms with van der Waals surface area (Å²) in [7, 11) is 0. The topological polar surface area (TPSA) is 139 Å². The van der Waals surface area contributed by atoms with Crippen molar-refractivity contribution in [2.24, 2.45) is 0 Å². The summed E-state index contributed by atoms with van der Waals surface area (Å²) >= 11 is 0. The average Bonchev–Trinajstić information content (AvgIpc) is 2.51. The first-order valence-electron chi connectivity index (χ1n) is 7.38. The first kappa shape index (κ1) is 18.9. The van der Waals surface area contributed by atoms with Crippen molar-refractivity contribution in [3.8, 4) is 0 Å². The fourth-order valence-electron chi connectivity index (χ4n) is 2.43. The number of aliphatic carboxylic acids is 1. The van der Waals surface area contributed by atoms with Crippen LogP contribution in [0, 0.1) is 0 Å². The Morgan fingerprint density at radius 2 is 1.95 bits per heavy atom. The molecule has 1 heterocycles. The average molecular weight is 319 g/mol. The van der Waals surface area contributed by atoms with Crippen molar-refractivity contribution in [2.45, 2.75) is 63.2 Å². The van der Waals surface area contributed by atoms with Crippen LogP contribution in [0.3, 0.4) is 0 Å². The van der Waals surface area contributed by atoms with E-state index < -0.39 is 48.8 Å². The van der Waals surface area contributed by atoms with Gasteiger partial charge in [-0.1, -0.05) is 13.8 Å². The maximum absolute atomic E-state index is 11.0. The number of rotatable bonds is 8. The predicted molar refractivity (Wildman–Crippen MR) is 77.0 cm³/mol. The zero-order valence-corrected chi connectivity index (χ0v) is 12.7. The van der Waals surface area contributed by atoms with E-state index in [0.717, 1.165) is 18.9 Å². The Morgan fingerprint density at radius 1 is 1.36 bits per heavy atom. The highest BCUT2D eigenvalue weighted by Crippen LogP contribution is 2.23. The quantitative estimate of drug-likeness (QED) is 0.320. The highest BCUT2D eigenvalue weighted by Gasteiger charge is 2.42. The van der Waals surface area contributed by atoms with Crippen LogP contribution in [0.25, 0.3) is 0 Å². The van der Waals surface area contributed by atoms with Crippen LogP contribution < -0.4 is 5.32 Å². The molecule has 0 unspecified atom stereocenters. The Hall–Kier alpha value is -1.19. The SMILES string of the molecule is CCC(CC)N[C@H]1[C@H]([C@H](O)[C@H](O)CO)OC(C(=O)O)=C[C@@H]1O. The van der Waals surface area contributed by atoms with Gasteiger partial charge in [-0.3, -0.25) is 0 Å². The van der Waals surface area contributed by atoms with E-state index in [4.69, 9.17) is 14.9 Å². The number of carboxylic acids is 1. The highest BCUT2D eigenvalue weighted by atomic mass is 16.5. The van der Waals surface area contributed by atoms with Crippen LogP contribution in [0.2, 0.25) is 0 Å². The van der Waals surface area contributed by atoms with Crippen LogP contribution in [-0.4, -0.2) is 74.6 Å². The van der Waals surface area contributed by atoms with E-state index in [0.29, 0.717) is 0 Å². The van der Waals surface area contributed by atoms with Crippen LogP contribution in [0.1, 0.15) is 26.7 Å². The lowest BCUT2D eigenvalue weighted by Gasteiger charge is -2.39. The minimum absolute atomic E-state index is 0.0315. The predicted octanol–water partition coefficient (Wildman–Crippen LogP) is -1.42. The molecule has 8 nitrogen and oxygen atoms in total. The van der Waals surface area contributed by atoms with Crippen LogP contribution in [0.4, 0.5) is 0 Å². The lowest BCUT2D eigenvalue weighted by Crippen LogP contribution is -2.60. The normalized spacial score (nSPS) is 28.0. The Morgan fingerprint density at radius 3 is 2.41 bits per heavy atom. The largest absolute Gasteiger partial charge is 0.479 e. The van der Waals surface area contributed by atoms with E-state index in [1.54, 1.807) is 0 Å². The monoisotopic (exact) mass is 319 g/mol. The third-order valence-electron chi connectivity index (χ3n) is 3.85. The Bertz CT molecular complexity index is 397. The van der Waals surface area contributed by atoms with Crippen molar-refractivity contribution >= 4 is 5.97 Å². The lowest BCUT2D eigenvalue weighted by atomic mass is 9.92. The van der Waals surface area contributed by atoms with E-state index in [1.807, 2.05) is 13.8 Å². The van der Waals surface area contributed by atoms with Gasteiger partial charge in [-0.15, -0.1) is 0 Å². The van der Waals surface area contributed by atoms with Crippen molar-refractivity contribution in [3.63, 3.8) is 0 Å². The van der Waals surface area contributed by atoms with Gasteiger partial charge >= 0.3 is 5.97 Å². The summed E-state index contributed by atoms with van der Waals surface area (Å²) in [5.41, 5.74) is 0. The molecule has 1 aliphatic heterocycles. The first-order chi connectivity index (χ1) is 10.3. The van der Waals surface area contributed by atoms with E-state index in [9.17, 15) is 20.1 Å². The summed E-state index contributed by atoms with van der Waals surface area (Å²) in [4.78, 5) is 11.0. The highest BCUT2D eigenvalue weighted by molar-refractivity contribution is 5.84. The second-order valence-corrected chi connectivity index (χ2v) is 5.36. The van der Waals surface area contributed by atoms with Gasteiger partial charge in [0.25, 0.3) is 0 Å². The molecule has 0 aromatic heterocycles. The Kier molecular flexibility index (Phi) is 7.24. The molecule has 1 aliphatic rings. The van der Waals surface area contributed by atoms with E-state index in [-0.39, 0.29) is 6.04 Å². The maximum Gasteiger partial charge on any atom is 0.370 e. The third-order valence-corrected chi connectivity index (χ3v) is 3.85. The molecule has 0 fully saturated rings. The van der Waals surface area contributed by atoms with Gasteiger partial charge in [0.2, 0.25) is 5.76 Å². The molecule has 0 spiro atoms. The minimum atomic E-state index is -1.55. The fourth-order valence-corrected chi connectivity index (χ4v) is 2.43. The molecule has 0 saturated carbocycles. The molecule has 0 saturated heterocycles. The lowest BCUT2D eigenvalue weighted by molar-refractivity contribution is -0.148. The third kappa shape index (κ3) is 4.40. The molecule has 0 aliphatic carbocycles. The van der Waals surface area contributed by atoms with Gasteiger partial charge in [0.1, 0.15) is 18.3 Å². The van der Waals surface area contributed by atoms with Crippen molar-refractivity contribution in [2.75, 3.05) is 6.61 Å². The van der Waals surface area contributed by atoms with Crippen molar-refractivity contribution in [1.29, 1.82) is 0 Å². The molecule has 1 rings (SSSR count). The number of hydrogen-bond donors (Lipinski definition) is 6. The number of nitrogens with one attached hydrogen (secondary N) is 1. The van der Waals surface area contributed by atoms with Gasteiger partial charge in [0.05, 0.1) is 18.8 Å². The molecule has 128 valence electrons. The summed E-state index contributed by atoms with van der Waals surface area (Å²) < 4.78 is 5.22. The number of aliphatic hydroxyl groups excluding tert-OH is 4. The molecule has 22 heavy (non-hydrogen) atoms.